The number of rotatable bonds is 6. The molecule has 2 heterocycles. The van der Waals surface area contributed by atoms with Gasteiger partial charge in [-0.25, -0.2) is 4.68 Å². The Bertz CT molecular complexity index is 1340. The highest BCUT2D eigenvalue weighted by molar-refractivity contribution is 7.99. The molecule has 8 nitrogen and oxygen atoms in total. The fraction of sp³-hybridized carbons (Fsp3) is 0.217. The standard InChI is InChI=1S/C23H23N5O3S/c1-14-10-11-17(12-15(14)2)21-25-26-23(31-21)32-13-19(29)24-20-16(3)27(4)28(22(20)30)18-8-6-5-7-9-18/h5-12H,13H2,1-4H3,(H,24,29). The lowest BCUT2D eigenvalue weighted by Gasteiger charge is -2.07. The minimum Gasteiger partial charge on any atom is -0.411 e. The van der Waals surface area contributed by atoms with Gasteiger partial charge in [-0.05, 0) is 56.2 Å². The van der Waals surface area contributed by atoms with Crippen LogP contribution in [-0.2, 0) is 11.8 Å². The Hall–Kier alpha value is -3.59. The third-order valence-electron chi connectivity index (χ3n) is 5.31. The fourth-order valence-electron chi connectivity index (χ4n) is 3.27. The Kier molecular flexibility index (Phi) is 6.00. The Morgan fingerprint density at radius 1 is 1.06 bits per heavy atom. The molecular weight excluding hydrogens is 426 g/mol. The van der Waals surface area contributed by atoms with E-state index in [9.17, 15) is 9.59 Å². The second-order valence-corrected chi connectivity index (χ2v) is 8.37. The van der Waals surface area contributed by atoms with E-state index in [1.807, 2.05) is 62.4 Å². The number of amides is 1. The second kappa shape index (κ2) is 8.88. The number of nitrogens with one attached hydrogen (secondary N) is 1. The van der Waals surface area contributed by atoms with Crippen molar-refractivity contribution in [1.29, 1.82) is 0 Å². The fourth-order valence-corrected chi connectivity index (χ4v) is 3.84. The SMILES string of the molecule is Cc1ccc(-c2nnc(SCC(=O)Nc3c(C)n(C)n(-c4ccccc4)c3=O)o2)cc1C. The van der Waals surface area contributed by atoms with Crippen molar-refractivity contribution >= 4 is 23.4 Å². The number of hydrogen-bond acceptors (Lipinski definition) is 6. The molecule has 0 aliphatic rings. The third kappa shape index (κ3) is 4.24. The van der Waals surface area contributed by atoms with Crippen molar-refractivity contribution in [1.82, 2.24) is 19.6 Å². The summed E-state index contributed by atoms with van der Waals surface area (Å²) in [7, 11) is 1.78. The highest BCUT2D eigenvalue weighted by Gasteiger charge is 2.19. The minimum absolute atomic E-state index is 0.0354. The number of nitrogens with zero attached hydrogens (tertiary/aromatic N) is 4. The van der Waals surface area contributed by atoms with Crippen molar-refractivity contribution in [2.45, 2.75) is 26.0 Å². The summed E-state index contributed by atoms with van der Waals surface area (Å²) in [4.78, 5) is 25.4. The van der Waals surface area contributed by atoms with Crippen molar-refractivity contribution in [2.24, 2.45) is 7.05 Å². The molecule has 0 fully saturated rings. The van der Waals surface area contributed by atoms with Crippen LogP contribution in [0.5, 0.6) is 0 Å². The van der Waals surface area contributed by atoms with Crippen molar-refractivity contribution < 1.29 is 9.21 Å². The van der Waals surface area contributed by atoms with Crippen LogP contribution >= 0.6 is 11.8 Å². The number of carbonyl (C=O) groups is 1. The molecule has 0 aliphatic carbocycles. The molecule has 0 saturated heterocycles. The summed E-state index contributed by atoms with van der Waals surface area (Å²) in [5.74, 6) is 0.112. The van der Waals surface area contributed by atoms with Gasteiger partial charge in [0.25, 0.3) is 10.8 Å². The molecule has 9 heteroatoms. The number of carbonyl (C=O) groups excluding carboxylic acids is 1. The largest absolute Gasteiger partial charge is 0.411 e. The first-order chi connectivity index (χ1) is 15.3. The molecule has 0 radical (unpaired) electrons. The Morgan fingerprint density at radius 3 is 2.53 bits per heavy atom. The third-order valence-corrected chi connectivity index (χ3v) is 6.12. The summed E-state index contributed by atoms with van der Waals surface area (Å²) >= 11 is 1.12. The van der Waals surface area contributed by atoms with Crippen LogP contribution in [0.1, 0.15) is 16.8 Å². The molecule has 32 heavy (non-hydrogen) atoms. The van der Waals surface area contributed by atoms with Gasteiger partial charge in [0.05, 0.1) is 17.1 Å². The maximum atomic E-state index is 12.9. The van der Waals surface area contributed by atoms with Crippen molar-refractivity contribution in [3.63, 3.8) is 0 Å². The predicted molar refractivity (Wildman–Crippen MR) is 124 cm³/mol. The maximum Gasteiger partial charge on any atom is 0.295 e. The van der Waals surface area contributed by atoms with Crippen molar-refractivity contribution in [2.75, 3.05) is 11.1 Å². The average molecular weight is 450 g/mol. The monoisotopic (exact) mass is 449 g/mol. The number of thioether (sulfide) groups is 1. The molecule has 0 unspecified atom stereocenters. The number of aromatic nitrogens is 4. The van der Waals surface area contributed by atoms with Crippen LogP contribution in [0, 0.1) is 20.8 Å². The second-order valence-electron chi connectivity index (χ2n) is 7.45. The molecule has 4 rings (SSSR count). The van der Waals surface area contributed by atoms with Gasteiger partial charge in [-0.3, -0.25) is 14.3 Å². The number of hydrogen-bond donors (Lipinski definition) is 1. The van der Waals surface area contributed by atoms with E-state index in [1.54, 1.807) is 18.7 Å². The van der Waals surface area contributed by atoms with Crippen LogP contribution in [0.2, 0.25) is 0 Å². The summed E-state index contributed by atoms with van der Waals surface area (Å²) in [6, 6.07) is 15.2. The molecule has 0 spiro atoms. The molecule has 0 aliphatic heterocycles. The summed E-state index contributed by atoms with van der Waals surface area (Å²) in [6.45, 7) is 5.85. The zero-order chi connectivity index (χ0) is 22.8. The van der Waals surface area contributed by atoms with Gasteiger partial charge in [0.2, 0.25) is 11.8 Å². The van der Waals surface area contributed by atoms with E-state index in [1.165, 1.54) is 10.2 Å². The summed E-state index contributed by atoms with van der Waals surface area (Å²) < 4.78 is 8.92. The Labute approximate surface area is 189 Å². The van der Waals surface area contributed by atoms with Gasteiger partial charge in [0.15, 0.2) is 0 Å². The summed E-state index contributed by atoms with van der Waals surface area (Å²) in [5.41, 5.74) is 4.50. The van der Waals surface area contributed by atoms with E-state index in [0.717, 1.165) is 28.6 Å². The van der Waals surface area contributed by atoms with Gasteiger partial charge >= 0.3 is 0 Å². The van der Waals surface area contributed by atoms with Crippen LogP contribution < -0.4 is 10.9 Å². The molecule has 2 aromatic carbocycles. The first kappa shape index (κ1) is 21.6. The summed E-state index contributed by atoms with van der Waals surface area (Å²) in [5, 5.41) is 11.1. The average Bonchev–Trinajstić information content (AvgIpc) is 3.34. The topological polar surface area (TPSA) is 95.0 Å². The van der Waals surface area contributed by atoms with Crippen LogP contribution in [0.3, 0.4) is 0 Å². The van der Waals surface area contributed by atoms with Gasteiger partial charge in [-0.2, -0.15) is 0 Å². The van der Waals surface area contributed by atoms with E-state index >= 15 is 0 Å². The van der Waals surface area contributed by atoms with Crippen LogP contribution in [0.15, 0.2) is 63.0 Å². The zero-order valence-corrected chi connectivity index (χ0v) is 19.1. The number of aryl methyl sites for hydroxylation is 2. The molecule has 4 aromatic rings. The van der Waals surface area contributed by atoms with Gasteiger partial charge in [-0.1, -0.05) is 36.0 Å². The van der Waals surface area contributed by atoms with E-state index in [2.05, 4.69) is 15.5 Å². The molecule has 1 amide bonds. The Morgan fingerprint density at radius 2 is 1.81 bits per heavy atom. The van der Waals surface area contributed by atoms with E-state index in [4.69, 9.17) is 4.42 Å². The first-order valence-corrected chi connectivity index (χ1v) is 11.0. The highest BCUT2D eigenvalue weighted by Crippen LogP contribution is 2.25. The van der Waals surface area contributed by atoms with Crippen LogP contribution in [-0.4, -0.2) is 31.2 Å². The molecule has 0 atom stereocenters. The number of para-hydroxylation sites is 1. The quantitative estimate of drug-likeness (QED) is 0.449. The summed E-state index contributed by atoms with van der Waals surface area (Å²) in [6.07, 6.45) is 0. The van der Waals surface area contributed by atoms with E-state index in [0.29, 0.717) is 16.8 Å². The molecule has 164 valence electrons. The van der Waals surface area contributed by atoms with Crippen LogP contribution in [0.25, 0.3) is 17.1 Å². The Balaban J connectivity index is 1.45. The molecule has 0 bridgehead atoms. The van der Waals surface area contributed by atoms with Gasteiger partial charge in [0.1, 0.15) is 5.69 Å². The lowest BCUT2D eigenvalue weighted by Crippen LogP contribution is -2.23. The van der Waals surface area contributed by atoms with Crippen molar-refractivity contribution in [3.05, 3.63) is 75.7 Å². The van der Waals surface area contributed by atoms with Gasteiger partial charge in [-0.15, -0.1) is 10.2 Å². The zero-order valence-electron chi connectivity index (χ0n) is 18.2. The highest BCUT2D eigenvalue weighted by atomic mass is 32.2. The number of anilines is 1. The molecule has 1 N–H and O–H groups in total. The maximum absolute atomic E-state index is 12.9. The lowest BCUT2D eigenvalue weighted by atomic mass is 10.1. The van der Waals surface area contributed by atoms with E-state index < -0.39 is 0 Å². The minimum atomic E-state index is -0.327. The first-order valence-electron chi connectivity index (χ1n) is 10.0. The van der Waals surface area contributed by atoms with Gasteiger partial charge < -0.3 is 9.73 Å². The van der Waals surface area contributed by atoms with Gasteiger partial charge in [0, 0.05) is 12.6 Å². The van der Waals surface area contributed by atoms with E-state index in [-0.39, 0.29) is 22.9 Å². The molecular formula is C23H23N5O3S. The van der Waals surface area contributed by atoms with Crippen LogP contribution in [0.4, 0.5) is 5.69 Å². The molecule has 0 saturated carbocycles. The number of benzene rings is 2. The lowest BCUT2D eigenvalue weighted by molar-refractivity contribution is -0.113. The van der Waals surface area contributed by atoms with Crippen molar-refractivity contribution in [3.8, 4) is 17.1 Å². The normalized spacial score (nSPS) is 11.0. The predicted octanol–water partition coefficient (Wildman–Crippen LogP) is 3.88. The molecule has 2 aromatic heterocycles. The smallest absolute Gasteiger partial charge is 0.295 e.